The van der Waals surface area contributed by atoms with Crippen LogP contribution in [-0.2, 0) is 16.0 Å². The van der Waals surface area contributed by atoms with Crippen LogP contribution in [0.3, 0.4) is 0 Å². The molecule has 1 heterocycles. The van der Waals surface area contributed by atoms with Gasteiger partial charge in [-0.05, 0) is 78.9 Å². The van der Waals surface area contributed by atoms with Crippen molar-refractivity contribution >= 4 is 46.9 Å². The highest BCUT2D eigenvalue weighted by atomic mass is 32.2. The molecular formula is C34H34N4O3S. The average Bonchev–Trinajstić information content (AvgIpc) is 3.01. The number of pyridine rings is 1. The van der Waals surface area contributed by atoms with Gasteiger partial charge in [-0.15, -0.1) is 11.8 Å². The SMILES string of the molecule is CCc1cccc(C)c1NC(=O)C(CC)Sc1cccc(NC(=O)/C(=C/c2cccnc2)NC(=O)c2ccccc2)c1. The van der Waals surface area contributed by atoms with Crippen LogP contribution in [0.2, 0.25) is 0 Å². The van der Waals surface area contributed by atoms with E-state index in [1.807, 2.05) is 56.3 Å². The zero-order valence-electron chi connectivity index (χ0n) is 23.9. The zero-order valence-corrected chi connectivity index (χ0v) is 24.7. The van der Waals surface area contributed by atoms with Crippen molar-refractivity contribution in [3.05, 3.63) is 125 Å². The average molecular weight is 579 g/mol. The van der Waals surface area contributed by atoms with E-state index in [0.717, 1.165) is 28.1 Å². The van der Waals surface area contributed by atoms with E-state index < -0.39 is 11.8 Å². The smallest absolute Gasteiger partial charge is 0.272 e. The first kappa shape index (κ1) is 30.3. The summed E-state index contributed by atoms with van der Waals surface area (Å²) in [6.45, 7) is 6.04. The summed E-state index contributed by atoms with van der Waals surface area (Å²) in [7, 11) is 0. The summed E-state index contributed by atoms with van der Waals surface area (Å²) < 4.78 is 0. The number of anilines is 2. The summed E-state index contributed by atoms with van der Waals surface area (Å²) in [4.78, 5) is 44.5. The van der Waals surface area contributed by atoms with E-state index in [1.165, 1.54) is 11.8 Å². The number of nitrogens with zero attached hydrogens (tertiary/aromatic N) is 1. The van der Waals surface area contributed by atoms with Crippen LogP contribution in [0.15, 0.2) is 108 Å². The van der Waals surface area contributed by atoms with Crippen LogP contribution < -0.4 is 16.0 Å². The second kappa shape index (κ2) is 14.8. The standard InChI is InChI=1S/C34H34N4O3S/c1-4-25-16-9-12-23(3)31(25)38-34(41)30(5-2)42-28-18-10-17-27(21-28)36-33(40)29(20-24-13-11-19-35-22-24)37-32(39)26-14-7-6-8-15-26/h6-22,30H,4-5H2,1-3H3,(H,36,40)(H,37,39)(H,38,41)/b29-20-. The van der Waals surface area contributed by atoms with E-state index in [0.29, 0.717) is 23.2 Å². The summed E-state index contributed by atoms with van der Waals surface area (Å²) >= 11 is 1.44. The van der Waals surface area contributed by atoms with Gasteiger partial charge in [0.15, 0.2) is 0 Å². The molecule has 8 heteroatoms. The zero-order chi connectivity index (χ0) is 29.9. The van der Waals surface area contributed by atoms with Crippen molar-refractivity contribution in [3.63, 3.8) is 0 Å². The van der Waals surface area contributed by atoms with E-state index in [4.69, 9.17) is 0 Å². The topological polar surface area (TPSA) is 100 Å². The number of amides is 3. The molecule has 42 heavy (non-hydrogen) atoms. The second-order valence-corrected chi connectivity index (χ2v) is 10.9. The Bertz CT molecular complexity index is 1570. The summed E-state index contributed by atoms with van der Waals surface area (Å²) in [6, 6.07) is 25.6. The Balaban J connectivity index is 1.49. The number of aromatic nitrogens is 1. The van der Waals surface area contributed by atoms with Crippen LogP contribution >= 0.6 is 11.8 Å². The van der Waals surface area contributed by atoms with Gasteiger partial charge in [-0.2, -0.15) is 0 Å². The van der Waals surface area contributed by atoms with Crippen LogP contribution in [-0.4, -0.2) is 28.0 Å². The fourth-order valence-electron chi connectivity index (χ4n) is 4.31. The predicted molar refractivity (Wildman–Crippen MR) is 170 cm³/mol. The summed E-state index contributed by atoms with van der Waals surface area (Å²) in [5, 5.41) is 8.43. The maximum Gasteiger partial charge on any atom is 0.272 e. The molecule has 0 fully saturated rings. The number of para-hydroxylation sites is 1. The molecule has 1 atom stereocenters. The third kappa shape index (κ3) is 8.17. The van der Waals surface area contributed by atoms with E-state index in [2.05, 4.69) is 27.9 Å². The summed E-state index contributed by atoms with van der Waals surface area (Å²) in [5.41, 5.74) is 4.71. The van der Waals surface area contributed by atoms with Gasteiger partial charge in [0.25, 0.3) is 11.8 Å². The minimum absolute atomic E-state index is 0.0637. The Morgan fingerprint density at radius 2 is 1.69 bits per heavy atom. The van der Waals surface area contributed by atoms with Gasteiger partial charge in [0.1, 0.15) is 5.70 Å². The number of benzene rings is 3. The molecule has 7 nitrogen and oxygen atoms in total. The molecule has 4 aromatic rings. The van der Waals surface area contributed by atoms with Crippen molar-refractivity contribution in [1.82, 2.24) is 10.3 Å². The van der Waals surface area contributed by atoms with E-state index in [-0.39, 0.29) is 16.9 Å². The van der Waals surface area contributed by atoms with Crippen molar-refractivity contribution < 1.29 is 14.4 Å². The molecule has 3 aromatic carbocycles. The Kier molecular flexibility index (Phi) is 10.7. The van der Waals surface area contributed by atoms with Crippen molar-refractivity contribution in [3.8, 4) is 0 Å². The van der Waals surface area contributed by atoms with Gasteiger partial charge >= 0.3 is 0 Å². The van der Waals surface area contributed by atoms with Crippen molar-refractivity contribution in [1.29, 1.82) is 0 Å². The number of carbonyl (C=O) groups excluding carboxylic acids is 3. The molecule has 0 radical (unpaired) electrons. The van der Waals surface area contributed by atoms with E-state index in [1.54, 1.807) is 60.9 Å². The minimum atomic E-state index is -0.485. The van der Waals surface area contributed by atoms with Crippen LogP contribution in [0.4, 0.5) is 11.4 Å². The van der Waals surface area contributed by atoms with Crippen LogP contribution in [0.5, 0.6) is 0 Å². The molecule has 0 aliphatic carbocycles. The Morgan fingerprint density at radius 3 is 2.40 bits per heavy atom. The van der Waals surface area contributed by atoms with Gasteiger partial charge < -0.3 is 16.0 Å². The third-order valence-electron chi connectivity index (χ3n) is 6.55. The first-order valence-electron chi connectivity index (χ1n) is 13.8. The quantitative estimate of drug-likeness (QED) is 0.133. The second-order valence-electron chi connectivity index (χ2n) is 9.61. The van der Waals surface area contributed by atoms with Crippen LogP contribution in [0, 0.1) is 6.92 Å². The fraction of sp³-hybridized carbons (Fsp3) is 0.176. The van der Waals surface area contributed by atoms with Gasteiger partial charge in [-0.25, -0.2) is 0 Å². The van der Waals surface area contributed by atoms with E-state index in [9.17, 15) is 14.4 Å². The van der Waals surface area contributed by atoms with Gasteiger partial charge in [0.2, 0.25) is 5.91 Å². The maximum absolute atomic E-state index is 13.4. The molecule has 0 saturated heterocycles. The molecule has 0 aliphatic rings. The van der Waals surface area contributed by atoms with Crippen molar-refractivity contribution in [2.45, 2.75) is 43.8 Å². The Labute approximate surface area is 250 Å². The molecule has 1 aromatic heterocycles. The monoisotopic (exact) mass is 578 g/mol. The lowest BCUT2D eigenvalue weighted by molar-refractivity contribution is -0.116. The molecule has 214 valence electrons. The summed E-state index contributed by atoms with van der Waals surface area (Å²) in [5.74, 6) is -0.949. The highest BCUT2D eigenvalue weighted by Crippen LogP contribution is 2.30. The first-order chi connectivity index (χ1) is 20.4. The van der Waals surface area contributed by atoms with Crippen LogP contribution in [0.25, 0.3) is 6.08 Å². The number of hydrogen-bond acceptors (Lipinski definition) is 5. The number of carbonyl (C=O) groups is 3. The van der Waals surface area contributed by atoms with Gasteiger partial charge in [-0.3, -0.25) is 19.4 Å². The maximum atomic E-state index is 13.4. The first-order valence-corrected chi connectivity index (χ1v) is 14.7. The minimum Gasteiger partial charge on any atom is -0.325 e. The Hall–Kier alpha value is -4.69. The van der Waals surface area contributed by atoms with Gasteiger partial charge in [-0.1, -0.05) is 62.4 Å². The van der Waals surface area contributed by atoms with Crippen molar-refractivity contribution in [2.75, 3.05) is 10.6 Å². The molecular weight excluding hydrogens is 544 g/mol. The number of aryl methyl sites for hydroxylation is 2. The molecule has 1 unspecified atom stereocenters. The highest BCUT2D eigenvalue weighted by Gasteiger charge is 2.21. The predicted octanol–water partition coefficient (Wildman–Crippen LogP) is 6.87. The lowest BCUT2D eigenvalue weighted by atomic mass is 10.1. The number of nitrogens with one attached hydrogen (secondary N) is 3. The molecule has 3 N–H and O–H groups in total. The van der Waals surface area contributed by atoms with Crippen LogP contribution in [0.1, 0.15) is 47.3 Å². The Morgan fingerprint density at radius 1 is 0.905 bits per heavy atom. The number of rotatable bonds is 11. The molecule has 3 amide bonds. The molecule has 4 rings (SSSR count). The highest BCUT2D eigenvalue weighted by molar-refractivity contribution is 8.00. The fourth-order valence-corrected chi connectivity index (χ4v) is 5.32. The molecule has 0 spiro atoms. The van der Waals surface area contributed by atoms with Gasteiger partial charge in [0.05, 0.1) is 5.25 Å². The largest absolute Gasteiger partial charge is 0.325 e. The number of hydrogen-bond donors (Lipinski definition) is 3. The number of thioether (sulfide) groups is 1. The molecule has 0 saturated carbocycles. The lowest BCUT2D eigenvalue weighted by Gasteiger charge is -2.18. The van der Waals surface area contributed by atoms with Gasteiger partial charge in [0, 0.05) is 34.2 Å². The molecule has 0 bridgehead atoms. The lowest BCUT2D eigenvalue weighted by Crippen LogP contribution is -2.30. The summed E-state index contributed by atoms with van der Waals surface area (Å²) in [6.07, 6.45) is 6.28. The van der Waals surface area contributed by atoms with Crippen molar-refractivity contribution in [2.24, 2.45) is 0 Å². The molecule has 0 aliphatic heterocycles. The van der Waals surface area contributed by atoms with E-state index >= 15 is 0 Å². The normalized spacial score (nSPS) is 11.8. The third-order valence-corrected chi connectivity index (χ3v) is 7.90.